The van der Waals surface area contributed by atoms with Gasteiger partial charge < -0.3 is 4.90 Å². The smallest absolute Gasteiger partial charge is 0.274 e. The topological polar surface area (TPSA) is 71.6 Å². The predicted octanol–water partition coefficient (Wildman–Crippen LogP) is 3.02. The van der Waals surface area contributed by atoms with Gasteiger partial charge in [0.2, 0.25) is 0 Å². The van der Waals surface area contributed by atoms with Gasteiger partial charge in [0.25, 0.3) is 5.91 Å². The van der Waals surface area contributed by atoms with Gasteiger partial charge in [-0.1, -0.05) is 12.1 Å². The molecule has 8 nitrogen and oxygen atoms in total. The lowest BCUT2D eigenvalue weighted by molar-refractivity contribution is 0.0622. The van der Waals surface area contributed by atoms with E-state index in [1.807, 2.05) is 34.8 Å². The van der Waals surface area contributed by atoms with Crippen molar-refractivity contribution < 1.29 is 9.18 Å². The van der Waals surface area contributed by atoms with E-state index < -0.39 is 0 Å². The summed E-state index contributed by atoms with van der Waals surface area (Å²) < 4.78 is 17.1. The SMILES string of the molecule is CCn1ncc(-c2ccnc3cc(C(=O)N4CCN(Cc5cccc(F)c5)CC4)nn23)c1C. The Morgan fingerprint density at radius 2 is 1.94 bits per heavy atom. The Bertz CT molecular complexity index is 1300. The molecular formula is C24H26FN7O. The van der Waals surface area contributed by atoms with Crippen molar-refractivity contribution in [3.8, 4) is 11.3 Å². The molecule has 0 bridgehead atoms. The van der Waals surface area contributed by atoms with Crippen LogP contribution in [0.2, 0.25) is 0 Å². The Morgan fingerprint density at radius 1 is 1.12 bits per heavy atom. The van der Waals surface area contributed by atoms with E-state index in [1.54, 1.807) is 28.9 Å². The first-order valence-electron chi connectivity index (χ1n) is 11.2. The molecule has 4 heterocycles. The number of carbonyl (C=O) groups is 1. The van der Waals surface area contributed by atoms with Crippen LogP contribution < -0.4 is 0 Å². The van der Waals surface area contributed by atoms with Crippen LogP contribution in [0, 0.1) is 12.7 Å². The summed E-state index contributed by atoms with van der Waals surface area (Å²) in [5.41, 5.74) is 4.82. The van der Waals surface area contributed by atoms with Gasteiger partial charge in [0, 0.05) is 62.8 Å². The van der Waals surface area contributed by atoms with E-state index >= 15 is 0 Å². The zero-order valence-corrected chi connectivity index (χ0v) is 18.8. The maximum atomic E-state index is 13.5. The lowest BCUT2D eigenvalue weighted by Gasteiger charge is -2.34. The van der Waals surface area contributed by atoms with Crippen LogP contribution in [-0.2, 0) is 13.1 Å². The van der Waals surface area contributed by atoms with Gasteiger partial charge in [-0.2, -0.15) is 10.2 Å². The summed E-state index contributed by atoms with van der Waals surface area (Å²) in [4.78, 5) is 21.6. The van der Waals surface area contributed by atoms with Crippen molar-refractivity contribution in [1.82, 2.24) is 34.2 Å². The van der Waals surface area contributed by atoms with Crippen molar-refractivity contribution in [2.24, 2.45) is 0 Å². The second-order valence-corrected chi connectivity index (χ2v) is 8.29. The van der Waals surface area contributed by atoms with Gasteiger partial charge in [-0.05, 0) is 37.6 Å². The predicted molar refractivity (Wildman–Crippen MR) is 122 cm³/mol. The Morgan fingerprint density at radius 3 is 2.67 bits per heavy atom. The molecule has 4 aromatic rings. The van der Waals surface area contributed by atoms with Crippen molar-refractivity contribution in [3.05, 3.63) is 71.6 Å². The van der Waals surface area contributed by atoms with E-state index in [1.165, 1.54) is 6.07 Å². The highest BCUT2D eigenvalue weighted by atomic mass is 19.1. The molecule has 0 N–H and O–H groups in total. The average Bonchev–Trinajstić information content (AvgIpc) is 3.42. The molecule has 1 saturated heterocycles. The Balaban J connectivity index is 1.32. The molecule has 0 spiro atoms. The lowest BCUT2D eigenvalue weighted by Crippen LogP contribution is -2.48. The van der Waals surface area contributed by atoms with Crippen LogP contribution in [0.1, 0.15) is 28.7 Å². The molecule has 1 aliphatic rings. The summed E-state index contributed by atoms with van der Waals surface area (Å²) in [6.07, 6.45) is 3.56. The van der Waals surface area contributed by atoms with Crippen LogP contribution in [-0.4, -0.2) is 66.3 Å². The van der Waals surface area contributed by atoms with Gasteiger partial charge in [0.1, 0.15) is 5.82 Å². The van der Waals surface area contributed by atoms with Gasteiger partial charge in [-0.25, -0.2) is 13.9 Å². The fraction of sp³-hybridized carbons (Fsp3) is 0.333. The van der Waals surface area contributed by atoms with E-state index in [-0.39, 0.29) is 11.7 Å². The molecule has 1 aromatic carbocycles. The highest BCUT2D eigenvalue weighted by molar-refractivity contribution is 5.93. The Labute approximate surface area is 191 Å². The zero-order valence-electron chi connectivity index (χ0n) is 18.8. The maximum absolute atomic E-state index is 13.5. The molecule has 3 aromatic heterocycles. The van der Waals surface area contributed by atoms with Crippen molar-refractivity contribution in [3.63, 3.8) is 0 Å². The molecule has 0 atom stereocenters. The molecular weight excluding hydrogens is 421 g/mol. The minimum Gasteiger partial charge on any atom is -0.335 e. The number of fused-ring (bicyclic) bond motifs is 1. The van der Waals surface area contributed by atoms with Gasteiger partial charge >= 0.3 is 0 Å². The number of carbonyl (C=O) groups excluding carboxylic acids is 1. The van der Waals surface area contributed by atoms with Crippen molar-refractivity contribution >= 4 is 11.6 Å². The second kappa shape index (κ2) is 8.74. The standard InChI is InChI=1S/C24H26FN7O/c1-3-31-17(2)20(15-27-31)22-7-8-26-23-14-21(28-32(22)23)24(33)30-11-9-29(10-12-30)16-18-5-4-6-19(25)13-18/h4-8,13-15H,3,9-12,16H2,1-2H3. The number of aromatic nitrogens is 5. The normalized spacial score (nSPS) is 14.8. The summed E-state index contributed by atoms with van der Waals surface area (Å²) in [6.45, 7) is 8.20. The van der Waals surface area contributed by atoms with E-state index in [4.69, 9.17) is 0 Å². The van der Waals surface area contributed by atoms with Crippen LogP contribution >= 0.6 is 0 Å². The van der Waals surface area contributed by atoms with Crippen LogP contribution in [0.4, 0.5) is 4.39 Å². The monoisotopic (exact) mass is 447 g/mol. The summed E-state index contributed by atoms with van der Waals surface area (Å²) in [5, 5.41) is 9.04. The fourth-order valence-corrected chi connectivity index (χ4v) is 4.39. The summed E-state index contributed by atoms with van der Waals surface area (Å²) in [6, 6.07) is 10.3. The van der Waals surface area contributed by atoms with Crippen LogP contribution in [0.3, 0.4) is 0 Å². The number of benzene rings is 1. The molecule has 1 aliphatic heterocycles. The fourth-order valence-electron chi connectivity index (χ4n) is 4.39. The molecule has 0 radical (unpaired) electrons. The highest BCUT2D eigenvalue weighted by Crippen LogP contribution is 2.24. The van der Waals surface area contributed by atoms with Crippen LogP contribution in [0.15, 0.2) is 48.8 Å². The molecule has 0 aliphatic carbocycles. The van der Waals surface area contributed by atoms with E-state index in [2.05, 4.69) is 27.0 Å². The molecule has 9 heteroatoms. The number of nitrogens with zero attached hydrogens (tertiary/aromatic N) is 7. The van der Waals surface area contributed by atoms with E-state index in [0.29, 0.717) is 31.0 Å². The third-order valence-corrected chi connectivity index (χ3v) is 6.21. The molecule has 5 rings (SSSR count). The molecule has 170 valence electrons. The summed E-state index contributed by atoms with van der Waals surface area (Å²) >= 11 is 0. The number of hydrogen-bond donors (Lipinski definition) is 0. The largest absolute Gasteiger partial charge is 0.335 e. The number of piperazine rings is 1. The zero-order chi connectivity index (χ0) is 22.9. The third-order valence-electron chi connectivity index (χ3n) is 6.21. The van der Waals surface area contributed by atoms with Gasteiger partial charge in [0.05, 0.1) is 11.9 Å². The summed E-state index contributed by atoms with van der Waals surface area (Å²) in [5.74, 6) is -0.323. The van der Waals surface area contributed by atoms with E-state index in [9.17, 15) is 9.18 Å². The first-order valence-corrected chi connectivity index (χ1v) is 11.2. The molecule has 33 heavy (non-hydrogen) atoms. The minimum absolute atomic E-state index is 0.0992. The highest BCUT2D eigenvalue weighted by Gasteiger charge is 2.25. The van der Waals surface area contributed by atoms with Gasteiger partial charge in [0.15, 0.2) is 11.3 Å². The first kappa shape index (κ1) is 21.3. The average molecular weight is 448 g/mol. The second-order valence-electron chi connectivity index (χ2n) is 8.29. The van der Waals surface area contributed by atoms with Gasteiger partial charge in [-0.15, -0.1) is 0 Å². The molecule has 1 amide bonds. The molecule has 0 unspecified atom stereocenters. The number of rotatable bonds is 5. The minimum atomic E-state index is -0.224. The lowest BCUT2D eigenvalue weighted by atomic mass is 10.2. The summed E-state index contributed by atoms with van der Waals surface area (Å²) in [7, 11) is 0. The third kappa shape index (κ3) is 4.11. The molecule has 0 saturated carbocycles. The van der Waals surface area contributed by atoms with E-state index in [0.717, 1.165) is 42.1 Å². The Kier molecular flexibility index (Phi) is 5.63. The number of halogens is 1. The van der Waals surface area contributed by atoms with Crippen molar-refractivity contribution in [1.29, 1.82) is 0 Å². The number of amides is 1. The van der Waals surface area contributed by atoms with Crippen molar-refractivity contribution in [2.75, 3.05) is 26.2 Å². The quantitative estimate of drug-likeness (QED) is 0.470. The number of aryl methyl sites for hydroxylation is 1. The number of hydrogen-bond acceptors (Lipinski definition) is 5. The maximum Gasteiger partial charge on any atom is 0.274 e. The van der Waals surface area contributed by atoms with Gasteiger partial charge in [-0.3, -0.25) is 14.4 Å². The Hall–Kier alpha value is -3.59. The molecule has 1 fully saturated rings. The first-order chi connectivity index (χ1) is 16.0. The van der Waals surface area contributed by atoms with Crippen LogP contribution in [0.5, 0.6) is 0 Å². The van der Waals surface area contributed by atoms with Crippen molar-refractivity contribution in [2.45, 2.75) is 26.9 Å². The van der Waals surface area contributed by atoms with Crippen LogP contribution in [0.25, 0.3) is 16.9 Å².